The largest absolute Gasteiger partial charge is 0.497 e. The van der Waals surface area contributed by atoms with Crippen LogP contribution < -0.4 is 14.8 Å². The third-order valence-electron chi connectivity index (χ3n) is 4.60. The highest BCUT2D eigenvalue weighted by Gasteiger charge is 2.16. The Morgan fingerprint density at radius 1 is 1.09 bits per heavy atom. The predicted octanol–water partition coefficient (Wildman–Crippen LogP) is 5.35. The van der Waals surface area contributed by atoms with Crippen molar-refractivity contribution in [3.8, 4) is 27.9 Å². The summed E-state index contributed by atoms with van der Waals surface area (Å²) in [5.74, 6) is 1.82. The predicted molar refractivity (Wildman–Crippen MR) is 126 cm³/mol. The van der Waals surface area contributed by atoms with Crippen LogP contribution in [0.1, 0.15) is 29.9 Å². The standard InChI is InChI=1S/C24H24N4O3S/c1-15(2)31-19-10-8-17(9-11-19)23(29)26-22-12-16(3)27-28(22)24-25-21(14-32-24)18-6-5-7-20(13-18)30-4/h5-15H,1-4H3,(H,26,29). The summed E-state index contributed by atoms with van der Waals surface area (Å²) in [6.07, 6.45) is 0.0761. The minimum atomic E-state index is -0.230. The Kier molecular flexibility index (Phi) is 6.23. The number of aryl methyl sites for hydroxylation is 1. The summed E-state index contributed by atoms with van der Waals surface area (Å²) in [7, 11) is 1.64. The molecule has 32 heavy (non-hydrogen) atoms. The van der Waals surface area contributed by atoms with Gasteiger partial charge in [0.05, 0.1) is 24.6 Å². The number of rotatable bonds is 7. The van der Waals surface area contributed by atoms with Gasteiger partial charge in [0.2, 0.25) is 5.13 Å². The fourth-order valence-corrected chi connectivity index (χ4v) is 3.95. The molecule has 0 spiro atoms. The molecule has 0 aliphatic heterocycles. The second-order valence-corrected chi connectivity index (χ2v) is 8.31. The van der Waals surface area contributed by atoms with Crippen molar-refractivity contribution >= 4 is 23.1 Å². The maximum absolute atomic E-state index is 12.8. The van der Waals surface area contributed by atoms with E-state index in [9.17, 15) is 4.79 Å². The van der Waals surface area contributed by atoms with Crippen molar-refractivity contribution < 1.29 is 14.3 Å². The van der Waals surface area contributed by atoms with Crippen molar-refractivity contribution in [1.29, 1.82) is 0 Å². The fraction of sp³-hybridized carbons (Fsp3) is 0.208. The van der Waals surface area contributed by atoms with E-state index in [1.54, 1.807) is 36.1 Å². The number of methoxy groups -OCH3 is 1. The van der Waals surface area contributed by atoms with Gasteiger partial charge < -0.3 is 14.8 Å². The molecular weight excluding hydrogens is 424 g/mol. The van der Waals surface area contributed by atoms with Crippen LogP contribution in [0, 0.1) is 6.92 Å². The Morgan fingerprint density at radius 3 is 2.59 bits per heavy atom. The van der Waals surface area contributed by atoms with Gasteiger partial charge in [0, 0.05) is 22.6 Å². The van der Waals surface area contributed by atoms with Crippen LogP contribution in [0.4, 0.5) is 5.82 Å². The third-order valence-corrected chi connectivity index (χ3v) is 5.42. The minimum Gasteiger partial charge on any atom is -0.497 e. The lowest BCUT2D eigenvalue weighted by molar-refractivity contribution is 0.102. The van der Waals surface area contributed by atoms with Crippen LogP contribution in [-0.4, -0.2) is 33.9 Å². The summed E-state index contributed by atoms with van der Waals surface area (Å²) in [5.41, 5.74) is 3.07. The van der Waals surface area contributed by atoms with Gasteiger partial charge in [0.1, 0.15) is 17.3 Å². The van der Waals surface area contributed by atoms with Gasteiger partial charge in [-0.2, -0.15) is 9.78 Å². The van der Waals surface area contributed by atoms with Gasteiger partial charge in [-0.3, -0.25) is 4.79 Å². The topological polar surface area (TPSA) is 78.3 Å². The first-order chi connectivity index (χ1) is 15.4. The van der Waals surface area contributed by atoms with Crippen LogP contribution in [0.15, 0.2) is 60.0 Å². The number of nitrogens with zero attached hydrogens (tertiary/aromatic N) is 3. The molecule has 164 valence electrons. The Balaban J connectivity index is 1.56. The normalized spacial score (nSPS) is 10.9. The Labute approximate surface area is 190 Å². The van der Waals surface area contributed by atoms with Gasteiger partial charge in [-0.1, -0.05) is 12.1 Å². The van der Waals surface area contributed by atoms with Crippen molar-refractivity contribution in [1.82, 2.24) is 14.8 Å². The highest BCUT2D eigenvalue weighted by Crippen LogP contribution is 2.28. The summed E-state index contributed by atoms with van der Waals surface area (Å²) in [4.78, 5) is 17.5. The molecule has 8 heteroatoms. The number of hydrogen-bond acceptors (Lipinski definition) is 6. The van der Waals surface area contributed by atoms with E-state index < -0.39 is 0 Å². The average molecular weight is 449 g/mol. The van der Waals surface area contributed by atoms with Crippen molar-refractivity contribution in [2.24, 2.45) is 0 Å². The average Bonchev–Trinajstić information content (AvgIpc) is 3.40. The molecule has 0 saturated carbocycles. The zero-order valence-electron chi connectivity index (χ0n) is 18.3. The lowest BCUT2D eigenvalue weighted by Crippen LogP contribution is -2.15. The minimum absolute atomic E-state index is 0.0761. The molecule has 4 rings (SSSR count). The molecule has 2 aromatic carbocycles. The molecular formula is C24H24N4O3S. The molecule has 2 aromatic heterocycles. The number of carbonyl (C=O) groups excluding carboxylic acids is 1. The van der Waals surface area contributed by atoms with Gasteiger partial charge in [0.15, 0.2) is 0 Å². The summed E-state index contributed by atoms with van der Waals surface area (Å²) in [6, 6.07) is 16.6. The summed E-state index contributed by atoms with van der Waals surface area (Å²) in [5, 5.41) is 10.1. The van der Waals surface area contributed by atoms with E-state index in [4.69, 9.17) is 14.5 Å². The van der Waals surface area contributed by atoms with E-state index in [-0.39, 0.29) is 12.0 Å². The van der Waals surface area contributed by atoms with Gasteiger partial charge >= 0.3 is 0 Å². The molecule has 1 amide bonds. The SMILES string of the molecule is COc1cccc(-c2csc(-n3nc(C)cc3NC(=O)c3ccc(OC(C)C)cc3)n2)c1. The maximum Gasteiger partial charge on any atom is 0.256 e. The first-order valence-electron chi connectivity index (χ1n) is 10.2. The number of anilines is 1. The van der Waals surface area contributed by atoms with E-state index in [1.165, 1.54) is 11.3 Å². The number of amides is 1. The first-order valence-corrected chi connectivity index (χ1v) is 11.1. The molecule has 4 aromatic rings. The van der Waals surface area contributed by atoms with E-state index in [0.29, 0.717) is 16.5 Å². The number of carbonyl (C=O) groups is 1. The van der Waals surface area contributed by atoms with E-state index in [1.807, 2.05) is 56.5 Å². The van der Waals surface area contributed by atoms with Crippen LogP contribution in [0.25, 0.3) is 16.4 Å². The van der Waals surface area contributed by atoms with Crippen LogP contribution >= 0.6 is 11.3 Å². The maximum atomic E-state index is 12.8. The smallest absolute Gasteiger partial charge is 0.256 e. The number of ether oxygens (including phenoxy) is 2. The number of thiazole rings is 1. The molecule has 0 unspecified atom stereocenters. The zero-order chi connectivity index (χ0) is 22.7. The number of aromatic nitrogens is 3. The molecule has 7 nitrogen and oxygen atoms in total. The molecule has 2 heterocycles. The second-order valence-electron chi connectivity index (χ2n) is 7.48. The number of nitrogens with one attached hydrogen (secondary N) is 1. The monoisotopic (exact) mass is 448 g/mol. The number of hydrogen-bond donors (Lipinski definition) is 1. The lowest BCUT2D eigenvalue weighted by atomic mass is 10.2. The molecule has 0 radical (unpaired) electrons. The van der Waals surface area contributed by atoms with Gasteiger partial charge in [-0.25, -0.2) is 4.98 Å². The summed E-state index contributed by atoms with van der Waals surface area (Å²) in [6.45, 7) is 5.80. The first kappa shape index (κ1) is 21.6. The highest BCUT2D eigenvalue weighted by atomic mass is 32.1. The van der Waals surface area contributed by atoms with Crippen molar-refractivity contribution in [3.05, 3.63) is 71.2 Å². The van der Waals surface area contributed by atoms with Crippen LogP contribution in [-0.2, 0) is 0 Å². The molecule has 0 saturated heterocycles. The molecule has 1 N–H and O–H groups in total. The van der Waals surface area contributed by atoms with Gasteiger partial charge in [-0.05, 0) is 57.2 Å². The Bertz CT molecular complexity index is 1230. The molecule has 0 aliphatic rings. The van der Waals surface area contributed by atoms with Crippen molar-refractivity contribution in [2.75, 3.05) is 12.4 Å². The highest BCUT2D eigenvalue weighted by molar-refractivity contribution is 7.12. The quantitative estimate of drug-likeness (QED) is 0.412. The van der Waals surface area contributed by atoms with Crippen LogP contribution in [0.2, 0.25) is 0 Å². The second kappa shape index (κ2) is 9.23. The lowest BCUT2D eigenvalue weighted by Gasteiger charge is -2.10. The van der Waals surface area contributed by atoms with E-state index in [0.717, 1.165) is 28.5 Å². The van der Waals surface area contributed by atoms with Crippen molar-refractivity contribution in [3.63, 3.8) is 0 Å². The zero-order valence-corrected chi connectivity index (χ0v) is 19.1. The van der Waals surface area contributed by atoms with Crippen molar-refractivity contribution in [2.45, 2.75) is 26.9 Å². The van der Waals surface area contributed by atoms with Crippen LogP contribution in [0.3, 0.4) is 0 Å². The van der Waals surface area contributed by atoms with Crippen LogP contribution in [0.5, 0.6) is 11.5 Å². The van der Waals surface area contributed by atoms with Gasteiger partial charge in [-0.15, -0.1) is 11.3 Å². The summed E-state index contributed by atoms with van der Waals surface area (Å²) >= 11 is 1.45. The Morgan fingerprint density at radius 2 is 1.88 bits per heavy atom. The molecule has 0 atom stereocenters. The number of benzene rings is 2. The Hall–Kier alpha value is -3.65. The molecule has 0 bridgehead atoms. The van der Waals surface area contributed by atoms with Gasteiger partial charge in [0.25, 0.3) is 5.91 Å². The summed E-state index contributed by atoms with van der Waals surface area (Å²) < 4.78 is 12.6. The van der Waals surface area contributed by atoms with E-state index in [2.05, 4.69) is 10.4 Å². The fourth-order valence-electron chi connectivity index (χ4n) is 3.16. The third kappa shape index (κ3) is 4.81. The molecule has 0 aliphatic carbocycles. The molecule has 0 fully saturated rings. The van der Waals surface area contributed by atoms with E-state index >= 15 is 0 Å².